The van der Waals surface area contributed by atoms with Crippen LogP contribution in [0, 0.1) is 5.92 Å². The van der Waals surface area contributed by atoms with Crippen LogP contribution in [0.25, 0.3) is 0 Å². The second-order valence-electron chi connectivity index (χ2n) is 1.84. The van der Waals surface area contributed by atoms with Crippen molar-refractivity contribution in [3.63, 3.8) is 0 Å². The molecule has 0 aliphatic heterocycles. The van der Waals surface area contributed by atoms with Gasteiger partial charge in [-0.25, -0.2) is 0 Å². The molecule has 0 aliphatic rings. The van der Waals surface area contributed by atoms with E-state index in [4.69, 9.17) is 10.2 Å². The molecule has 0 amide bonds. The first-order valence-corrected chi connectivity index (χ1v) is 2.48. The van der Waals surface area contributed by atoms with E-state index in [1.807, 2.05) is 0 Å². The Morgan fingerprint density at radius 1 is 1.40 bits per heavy atom. The fourth-order valence-corrected chi connectivity index (χ4v) is 0.349. The summed E-state index contributed by atoms with van der Waals surface area (Å²) in [5.74, 6) is -2.94. The molecule has 10 heavy (non-hydrogen) atoms. The van der Waals surface area contributed by atoms with Crippen molar-refractivity contribution >= 4 is 63.3 Å². The van der Waals surface area contributed by atoms with Crippen molar-refractivity contribution in [1.29, 1.82) is 0 Å². The van der Waals surface area contributed by atoms with E-state index in [1.165, 1.54) is 6.92 Å². The van der Waals surface area contributed by atoms with E-state index in [-0.39, 0.29) is 57.8 Å². The number of carbonyl (C=O) groups is 2. The van der Waals surface area contributed by atoms with Crippen LogP contribution in [0.2, 0.25) is 0 Å². The topological polar surface area (TPSA) is 74.6 Å². The Morgan fingerprint density at radius 3 is 1.90 bits per heavy atom. The van der Waals surface area contributed by atoms with Crippen molar-refractivity contribution in [3.05, 3.63) is 0 Å². The zero-order chi connectivity index (χ0) is 7.44. The number of hydrogen-bond acceptors (Lipinski definition) is 2. The normalized spacial score (nSPS) is 11.3. The van der Waals surface area contributed by atoms with Crippen LogP contribution in [0.1, 0.15) is 13.3 Å². The Kier molecular flexibility index (Phi) is 8.30. The Morgan fingerprint density at radius 2 is 1.80 bits per heavy atom. The fraction of sp³-hybridized carbons (Fsp3) is 0.600. The molecule has 1 unspecified atom stereocenters. The van der Waals surface area contributed by atoms with Gasteiger partial charge in [-0.3, -0.25) is 9.59 Å². The maximum atomic E-state index is 9.97. The summed E-state index contributed by atoms with van der Waals surface area (Å²) in [5.41, 5.74) is 0. The molecule has 0 aromatic rings. The first-order chi connectivity index (χ1) is 4.04. The molecule has 0 saturated carbocycles. The number of carboxylic acid groups (broad SMARTS) is 2. The molecule has 0 heterocycles. The van der Waals surface area contributed by atoms with Gasteiger partial charge in [-0.2, -0.15) is 0 Å². The summed E-state index contributed by atoms with van der Waals surface area (Å²) in [7, 11) is 0. The van der Waals surface area contributed by atoms with Crippen molar-refractivity contribution in [1.82, 2.24) is 0 Å². The van der Waals surface area contributed by atoms with Gasteiger partial charge in [0.05, 0.1) is 12.3 Å². The van der Waals surface area contributed by atoms with Gasteiger partial charge in [-0.1, -0.05) is 6.92 Å². The van der Waals surface area contributed by atoms with Gasteiger partial charge < -0.3 is 10.2 Å². The molecule has 0 rings (SSSR count). The molecular weight excluding hydrogens is 163 g/mol. The molecule has 0 aromatic carbocycles. The summed E-state index contributed by atoms with van der Waals surface area (Å²) >= 11 is 0. The number of hydrogen-bond donors (Lipinski definition) is 2. The third-order valence-corrected chi connectivity index (χ3v) is 0.902. The summed E-state index contributed by atoms with van der Waals surface area (Å²) in [5, 5.41) is 16.2. The second kappa shape index (κ2) is 6.30. The maximum absolute atomic E-state index is 9.97. The molecule has 2 N–H and O–H groups in total. The Balaban J connectivity index is 0. The van der Waals surface area contributed by atoms with E-state index in [1.54, 1.807) is 0 Å². The molecule has 0 fully saturated rings. The summed E-state index contributed by atoms with van der Waals surface area (Å²) in [6.07, 6.45) is -0.310. The fourth-order valence-electron chi connectivity index (χ4n) is 0.349. The van der Waals surface area contributed by atoms with Crippen molar-refractivity contribution in [2.45, 2.75) is 13.3 Å². The SMILES string of the molecule is CC(CC(=O)O)C(=O)O.[KH]. The van der Waals surface area contributed by atoms with Gasteiger partial charge in [0.15, 0.2) is 0 Å². The second-order valence-corrected chi connectivity index (χ2v) is 1.84. The number of aliphatic carboxylic acids is 2. The quantitative estimate of drug-likeness (QED) is 0.564. The summed E-state index contributed by atoms with van der Waals surface area (Å²) < 4.78 is 0. The zero-order valence-corrected chi connectivity index (χ0v) is 5.00. The first kappa shape index (κ1) is 13.2. The number of carboxylic acids is 2. The third-order valence-electron chi connectivity index (χ3n) is 0.902. The molecule has 0 radical (unpaired) electrons. The van der Waals surface area contributed by atoms with Gasteiger partial charge in [0.25, 0.3) is 0 Å². The molecule has 0 aromatic heterocycles. The van der Waals surface area contributed by atoms with E-state index in [9.17, 15) is 9.59 Å². The van der Waals surface area contributed by atoms with E-state index < -0.39 is 17.9 Å². The summed E-state index contributed by atoms with van der Waals surface area (Å²) in [4.78, 5) is 19.8. The van der Waals surface area contributed by atoms with E-state index in [0.717, 1.165) is 0 Å². The third kappa shape index (κ3) is 6.69. The van der Waals surface area contributed by atoms with Crippen molar-refractivity contribution in [2.24, 2.45) is 5.92 Å². The van der Waals surface area contributed by atoms with Crippen molar-refractivity contribution in [2.75, 3.05) is 0 Å². The average Bonchev–Trinajstić information content (AvgIpc) is 1.63. The molecule has 0 spiro atoms. The zero-order valence-electron chi connectivity index (χ0n) is 5.00. The van der Waals surface area contributed by atoms with E-state index >= 15 is 0 Å². The Hall–Kier alpha value is 0.576. The van der Waals surface area contributed by atoms with Gasteiger partial charge in [0, 0.05) is 0 Å². The molecule has 4 nitrogen and oxygen atoms in total. The summed E-state index contributed by atoms with van der Waals surface area (Å²) in [6.45, 7) is 1.36. The van der Waals surface area contributed by atoms with Crippen LogP contribution in [0.5, 0.6) is 0 Å². The first-order valence-electron chi connectivity index (χ1n) is 2.48. The average molecular weight is 172 g/mol. The van der Waals surface area contributed by atoms with Gasteiger partial charge in [-0.05, 0) is 0 Å². The molecule has 1 atom stereocenters. The molecule has 0 bridgehead atoms. The minimum atomic E-state index is -1.08. The van der Waals surface area contributed by atoms with Gasteiger partial charge in [-0.15, -0.1) is 0 Å². The van der Waals surface area contributed by atoms with Crippen LogP contribution < -0.4 is 0 Å². The predicted octanol–water partition coefficient (Wildman–Crippen LogP) is -0.467. The van der Waals surface area contributed by atoms with Crippen LogP contribution >= 0.6 is 0 Å². The molecular formula is C5H9KO4. The Labute approximate surface area is 101 Å². The molecule has 0 saturated heterocycles. The van der Waals surface area contributed by atoms with Crippen LogP contribution in [0.4, 0.5) is 0 Å². The predicted molar refractivity (Wildman–Crippen MR) is 36.2 cm³/mol. The number of rotatable bonds is 3. The molecule has 54 valence electrons. The van der Waals surface area contributed by atoms with Gasteiger partial charge in [0.2, 0.25) is 0 Å². The van der Waals surface area contributed by atoms with Crippen LogP contribution in [0.15, 0.2) is 0 Å². The monoisotopic (exact) mass is 172 g/mol. The van der Waals surface area contributed by atoms with Gasteiger partial charge >= 0.3 is 63.3 Å². The molecule has 0 aliphatic carbocycles. The molecule has 5 heteroatoms. The minimum absolute atomic E-state index is 0. The Bertz CT molecular complexity index is 134. The van der Waals surface area contributed by atoms with E-state index in [0.29, 0.717) is 0 Å². The van der Waals surface area contributed by atoms with Crippen molar-refractivity contribution < 1.29 is 19.8 Å². The summed E-state index contributed by atoms with van der Waals surface area (Å²) in [6, 6.07) is 0. The van der Waals surface area contributed by atoms with Crippen LogP contribution in [0.3, 0.4) is 0 Å². The van der Waals surface area contributed by atoms with Gasteiger partial charge in [0.1, 0.15) is 0 Å². The standard InChI is InChI=1S/C5H8O4.K.H/c1-3(5(8)9)2-4(6)7;;/h3H,2H2,1H3,(H,6,7)(H,8,9);;. The van der Waals surface area contributed by atoms with E-state index in [2.05, 4.69) is 0 Å². The van der Waals surface area contributed by atoms with Crippen LogP contribution in [-0.2, 0) is 9.59 Å². The van der Waals surface area contributed by atoms with Crippen LogP contribution in [-0.4, -0.2) is 73.5 Å². The van der Waals surface area contributed by atoms with Crippen molar-refractivity contribution in [3.8, 4) is 0 Å².